The van der Waals surface area contributed by atoms with Crippen molar-refractivity contribution in [1.82, 2.24) is 5.32 Å². The number of carbonyl (C=O) groups excluding carboxylic acids is 2. The summed E-state index contributed by atoms with van der Waals surface area (Å²) in [6.07, 6.45) is 0.827. The van der Waals surface area contributed by atoms with Crippen molar-refractivity contribution in [3.05, 3.63) is 53.6 Å². The third-order valence-corrected chi connectivity index (χ3v) is 4.92. The van der Waals surface area contributed by atoms with Gasteiger partial charge in [-0.3, -0.25) is 4.79 Å². The lowest BCUT2D eigenvalue weighted by Gasteiger charge is -2.24. The smallest absolute Gasteiger partial charge is 0.344 e. The zero-order chi connectivity index (χ0) is 22.2. The van der Waals surface area contributed by atoms with E-state index in [0.717, 1.165) is 17.5 Å². The van der Waals surface area contributed by atoms with Crippen LogP contribution in [-0.2, 0) is 14.3 Å². The molecule has 7 heteroatoms. The Morgan fingerprint density at radius 1 is 1.03 bits per heavy atom. The molecule has 0 fully saturated rings. The quantitative estimate of drug-likeness (QED) is 0.649. The Morgan fingerprint density at radius 3 is 2.52 bits per heavy atom. The second kappa shape index (κ2) is 10.7. The first-order valence-electron chi connectivity index (χ1n) is 10.5. The maximum absolute atomic E-state index is 12.4. The van der Waals surface area contributed by atoms with Crippen LogP contribution in [-0.4, -0.2) is 38.3 Å². The zero-order valence-electron chi connectivity index (χ0n) is 18.2. The van der Waals surface area contributed by atoms with E-state index in [0.29, 0.717) is 30.5 Å². The summed E-state index contributed by atoms with van der Waals surface area (Å²) < 4.78 is 21.9. The van der Waals surface area contributed by atoms with Gasteiger partial charge >= 0.3 is 5.97 Å². The van der Waals surface area contributed by atoms with E-state index in [9.17, 15) is 9.59 Å². The highest BCUT2D eigenvalue weighted by Gasteiger charge is 2.22. The van der Waals surface area contributed by atoms with Gasteiger partial charge in [-0.05, 0) is 42.2 Å². The molecule has 0 unspecified atom stereocenters. The third-order valence-electron chi connectivity index (χ3n) is 4.92. The fraction of sp³-hybridized carbons (Fsp3) is 0.417. The van der Waals surface area contributed by atoms with Gasteiger partial charge in [-0.2, -0.15) is 0 Å². The molecule has 2 aromatic carbocycles. The van der Waals surface area contributed by atoms with E-state index in [1.807, 2.05) is 57.2 Å². The maximum Gasteiger partial charge on any atom is 0.344 e. The lowest BCUT2D eigenvalue weighted by atomic mass is 9.95. The molecule has 2 aromatic rings. The van der Waals surface area contributed by atoms with E-state index in [-0.39, 0.29) is 31.1 Å². The normalized spacial score (nSPS) is 13.8. The van der Waals surface area contributed by atoms with Gasteiger partial charge in [0.05, 0.1) is 19.3 Å². The van der Waals surface area contributed by atoms with Gasteiger partial charge < -0.3 is 24.3 Å². The van der Waals surface area contributed by atoms with Gasteiger partial charge in [0.25, 0.3) is 5.91 Å². The van der Waals surface area contributed by atoms with Crippen molar-refractivity contribution in [2.24, 2.45) is 5.92 Å². The minimum Gasteiger partial charge on any atom is -0.490 e. The summed E-state index contributed by atoms with van der Waals surface area (Å²) >= 11 is 0. The Hall–Kier alpha value is -3.22. The fourth-order valence-electron chi connectivity index (χ4n) is 3.27. The molecule has 0 radical (unpaired) electrons. The molecule has 1 aliphatic rings. The summed E-state index contributed by atoms with van der Waals surface area (Å²) in [5.41, 5.74) is 1.82. The van der Waals surface area contributed by atoms with E-state index in [1.54, 1.807) is 6.07 Å². The molecule has 7 nitrogen and oxygen atoms in total. The van der Waals surface area contributed by atoms with Gasteiger partial charge in [-0.25, -0.2) is 4.79 Å². The molecule has 0 spiro atoms. The van der Waals surface area contributed by atoms with E-state index >= 15 is 0 Å². The van der Waals surface area contributed by atoms with Crippen molar-refractivity contribution in [2.75, 3.05) is 26.4 Å². The molecule has 1 atom stereocenters. The molecule has 3 rings (SSSR count). The number of hydrogen-bond donors (Lipinski definition) is 1. The van der Waals surface area contributed by atoms with E-state index in [2.05, 4.69) is 5.32 Å². The van der Waals surface area contributed by atoms with Crippen LogP contribution in [0, 0.1) is 12.8 Å². The molecule has 31 heavy (non-hydrogen) atoms. The monoisotopic (exact) mass is 427 g/mol. The van der Waals surface area contributed by atoms with Crippen molar-refractivity contribution in [3.63, 3.8) is 0 Å². The topological polar surface area (TPSA) is 83.1 Å². The third kappa shape index (κ3) is 6.38. The lowest BCUT2D eigenvalue weighted by Crippen LogP contribution is -2.35. The number of fused-ring (bicyclic) bond motifs is 1. The fourth-order valence-corrected chi connectivity index (χ4v) is 3.27. The first-order chi connectivity index (χ1) is 14.9. The predicted octanol–water partition coefficient (Wildman–Crippen LogP) is 3.59. The Balaban J connectivity index is 1.53. The summed E-state index contributed by atoms with van der Waals surface area (Å²) in [6.45, 7) is 6.49. The number of esters is 1. The first-order valence-corrected chi connectivity index (χ1v) is 10.5. The van der Waals surface area contributed by atoms with Crippen LogP contribution in [0.3, 0.4) is 0 Å². The Labute approximate surface area is 182 Å². The average Bonchev–Trinajstić information content (AvgIpc) is 3.00. The Kier molecular flexibility index (Phi) is 7.76. The van der Waals surface area contributed by atoms with Gasteiger partial charge in [-0.1, -0.05) is 38.1 Å². The number of aryl methyl sites for hydroxylation is 1. The first kappa shape index (κ1) is 22.5. The maximum atomic E-state index is 12.4. The van der Waals surface area contributed by atoms with Crippen LogP contribution in [0.4, 0.5) is 0 Å². The number of amides is 1. The van der Waals surface area contributed by atoms with E-state index in [1.165, 1.54) is 0 Å². The van der Waals surface area contributed by atoms with Crippen molar-refractivity contribution in [1.29, 1.82) is 0 Å². The predicted molar refractivity (Wildman–Crippen MR) is 115 cm³/mol. The molecular formula is C24H29NO6. The highest BCUT2D eigenvalue weighted by molar-refractivity contribution is 5.81. The second-order valence-electron chi connectivity index (χ2n) is 7.76. The largest absolute Gasteiger partial charge is 0.490 e. The molecule has 166 valence electrons. The number of carbonyl (C=O) groups is 2. The molecule has 1 heterocycles. The molecule has 0 saturated heterocycles. The molecule has 0 aliphatic carbocycles. The molecule has 0 aromatic heterocycles. The molecule has 0 bridgehead atoms. The zero-order valence-corrected chi connectivity index (χ0v) is 18.2. The van der Waals surface area contributed by atoms with Crippen LogP contribution in [0.15, 0.2) is 42.5 Å². The van der Waals surface area contributed by atoms with Crippen LogP contribution in [0.2, 0.25) is 0 Å². The molecule has 1 N–H and O–H groups in total. The molecule has 1 amide bonds. The summed E-state index contributed by atoms with van der Waals surface area (Å²) in [6, 6.07) is 12.8. The van der Waals surface area contributed by atoms with Crippen LogP contribution in [0.25, 0.3) is 0 Å². The van der Waals surface area contributed by atoms with Crippen molar-refractivity contribution >= 4 is 11.9 Å². The van der Waals surface area contributed by atoms with E-state index in [4.69, 9.17) is 18.9 Å². The van der Waals surface area contributed by atoms with Gasteiger partial charge in [0.1, 0.15) is 5.75 Å². The van der Waals surface area contributed by atoms with Gasteiger partial charge in [0.2, 0.25) is 0 Å². The highest BCUT2D eigenvalue weighted by atomic mass is 16.6. The minimum atomic E-state index is -0.602. The van der Waals surface area contributed by atoms with Crippen molar-refractivity contribution in [3.8, 4) is 17.2 Å². The van der Waals surface area contributed by atoms with Gasteiger partial charge in [0, 0.05) is 6.42 Å². The SMILES string of the molecule is Cc1ccccc1OCC(=O)OCC(=O)N[C@@H](c1ccc2c(c1)OCCCO2)C(C)C. The second-order valence-corrected chi connectivity index (χ2v) is 7.76. The average molecular weight is 427 g/mol. The standard InChI is InChI=1S/C24H29NO6/c1-16(2)24(18-9-10-20-21(13-18)29-12-6-11-28-20)25-22(26)14-31-23(27)15-30-19-8-5-4-7-17(19)3/h4-5,7-10,13,16,24H,6,11-12,14-15H2,1-3H3,(H,25,26)/t24-/m1/s1. The number of ether oxygens (including phenoxy) is 4. The Morgan fingerprint density at radius 2 is 1.77 bits per heavy atom. The Bertz CT molecular complexity index is 911. The van der Waals surface area contributed by atoms with Crippen molar-refractivity contribution < 1.29 is 28.5 Å². The van der Waals surface area contributed by atoms with Crippen LogP contribution >= 0.6 is 0 Å². The van der Waals surface area contributed by atoms with Gasteiger partial charge in [0.15, 0.2) is 24.7 Å². The number of nitrogens with one attached hydrogen (secondary N) is 1. The van der Waals surface area contributed by atoms with E-state index < -0.39 is 5.97 Å². The number of hydrogen-bond acceptors (Lipinski definition) is 6. The van der Waals surface area contributed by atoms with Crippen LogP contribution in [0.1, 0.15) is 37.4 Å². The number of rotatable bonds is 8. The number of benzene rings is 2. The van der Waals surface area contributed by atoms with Crippen molar-refractivity contribution in [2.45, 2.75) is 33.2 Å². The summed E-state index contributed by atoms with van der Waals surface area (Å²) in [5.74, 6) is 1.13. The number of para-hydroxylation sites is 1. The summed E-state index contributed by atoms with van der Waals surface area (Å²) in [7, 11) is 0. The molecule has 1 aliphatic heterocycles. The highest BCUT2D eigenvalue weighted by Crippen LogP contribution is 2.34. The molecular weight excluding hydrogens is 398 g/mol. The molecule has 0 saturated carbocycles. The minimum absolute atomic E-state index is 0.119. The van der Waals surface area contributed by atoms with Crippen LogP contribution < -0.4 is 19.5 Å². The lowest BCUT2D eigenvalue weighted by molar-refractivity contribution is -0.150. The summed E-state index contributed by atoms with van der Waals surface area (Å²) in [5, 5.41) is 2.94. The van der Waals surface area contributed by atoms with Gasteiger partial charge in [-0.15, -0.1) is 0 Å². The van der Waals surface area contributed by atoms with Crippen LogP contribution in [0.5, 0.6) is 17.2 Å². The summed E-state index contributed by atoms with van der Waals surface area (Å²) in [4.78, 5) is 24.4.